The highest BCUT2D eigenvalue weighted by atomic mass is 15.5. The van der Waals surface area contributed by atoms with E-state index in [1.54, 1.807) is 4.80 Å². The minimum absolute atomic E-state index is 0.234. The molecule has 100 valence electrons. The topological polar surface area (TPSA) is 42.7 Å². The van der Waals surface area contributed by atoms with E-state index in [4.69, 9.17) is 0 Å². The van der Waals surface area contributed by atoms with Crippen molar-refractivity contribution in [1.82, 2.24) is 20.3 Å². The van der Waals surface area contributed by atoms with Crippen molar-refractivity contribution in [2.24, 2.45) is 0 Å². The van der Waals surface area contributed by atoms with Gasteiger partial charge in [0.2, 0.25) is 0 Å². The molecule has 4 heteroatoms. The van der Waals surface area contributed by atoms with Crippen LogP contribution < -0.4 is 5.32 Å². The number of hydrogen-bond donors (Lipinski definition) is 1. The Bertz CT molecular complexity index is 526. The maximum atomic E-state index is 4.60. The molecule has 2 heterocycles. The van der Waals surface area contributed by atoms with Crippen LogP contribution in [-0.2, 0) is 6.42 Å². The van der Waals surface area contributed by atoms with Crippen molar-refractivity contribution in [1.29, 1.82) is 0 Å². The van der Waals surface area contributed by atoms with Crippen LogP contribution in [0.1, 0.15) is 31.9 Å². The monoisotopic (exact) mass is 256 g/mol. The largest absolute Gasteiger partial charge is 0.311 e. The lowest BCUT2D eigenvalue weighted by Gasteiger charge is -2.26. The second kappa shape index (κ2) is 5.13. The van der Waals surface area contributed by atoms with Crippen molar-refractivity contribution >= 4 is 0 Å². The SMILES string of the molecule is CCC1(Cc2cnn(-c3ccccc3)n2)CCCN1. The van der Waals surface area contributed by atoms with E-state index in [0.717, 1.165) is 30.8 Å². The second-order valence-corrected chi connectivity index (χ2v) is 5.30. The standard InChI is InChI=1S/C15H20N4/c1-2-15(9-6-10-16-15)11-13-12-17-19(18-13)14-7-4-3-5-8-14/h3-5,7-8,12,16H,2,6,9-11H2,1H3. The molecule has 0 amide bonds. The molecule has 1 aromatic carbocycles. The first-order valence-corrected chi connectivity index (χ1v) is 7.03. The number of nitrogens with one attached hydrogen (secondary N) is 1. The maximum absolute atomic E-state index is 4.60. The van der Waals surface area contributed by atoms with Crippen LogP contribution in [0, 0.1) is 0 Å². The van der Waals surface area contributed by atoms with Crippen LogP contribution in [-0.4, -0.2) is 27.1 Å². The van der Waals surface area contributed by atoms with E-state index in [1.807, 2.05) is 36.5 Å². The quantitative estimate of drug-likeness (QED) is 0.913. The van der Waals surface area contributed by atoms with Gasteiger partial charge in [-0.25, -0.2) is 0 Å². The van der Waals surface area contributed by atoms with Gasteiger partial charge < -0.3 is 5.32 Å². The number of para-hydroxylation sites is 1. The van der Waals surface area contributed by atoms with Crippen LogP contribution >= 0.6 is 0 Å². The van der Waals surface area contributed by atoms with E-state index < -0.39 is 0 Å². The average Bonchev–Trinajstić information content (AvgIpc) is 3.10. The average molecular weight is 256 g/mol. The fourth-order valence-corrected chi connectivity index (χ4v) is 2.85. The first-order valence-electron chi connectivity index (χ1n) is 7.03. The predicted octanol–water partition coefficient (Wildman–Crippen LogP) is 2.34. The Labute approximate surface area is 113 Å². The Hall–Kier alpha value is -1.68. The fourth-order valence-electron chi connectivity index (χ4n) is 2.85. The van der Waals surface area contributed by atoms with Crippen molar-refractivity contribution < 1.29 is 0 Å². The zero-order chi connectivity index (χ0) is 13.1. The molecule has 1 aliphatic heterocycles. The molecular formula is C15H20N4. The molecule has 1 aliphatic rings. The highest BCUT2D eigenvalue weighted by Gasteiger charge is 2.32. The molecule has 1 unspecified atom stereocenters. The van der Waals surface area contributed by atoms with Gasteiger partial charge in [0, 0.05) is 12.0 Å². The molecule has 0 aliphatic carbocycles. The summed E-state index contributed by atoms with van der Waals surface area (Å²) in [6.07, 6.45) is 6.51. The smallest absolute Gasteiger partial charge is 0.0856 e. The van der Waals surface area contributed by atoms with Gasteiger partial charge in [-0.15, -0.1) is 0 Å². The Kier molecular flexibility index (Phi) is 3.34. The highest BCUT2D eigenvalue weighted by Crippen LogP contribution is 2.26. The molecule has 1 saturated heterocycles. The van der Waals surface area contributed by atoms with Crippen LogP contribution in [0.4, 0.5) is 0 Å². The summed E-state index contributed by atoms with van der Waals surface area (Å²) in [6.45, 7) is 3.38. The summed E-state index contributed by atoms with van der Waals surface area (Å²) < 4.78 is 0. The van der Waals surface area contributed by atoms with E-state index in [9.17, 15) is 0 Å². The van der Waals surface area contributed by atoms with Gasteiger partial charge in [0.1, 0.15) is 0 Å². The maximum Gasteiger partial charge on any atom is 0.0856 e. The molecule has 1 atom stereocenters. The van der Waals surface area contributed by atoms with Gasteiger partial charge in [0.15, 0.2) is 0 Å². The summed E-state index contributed by atoms with van der Waals surface area (Å²) in [5.74, 6) is 0. The van der Waals surface area contributed by atoms with Gasteiger partial charge in [-0.05, 0) is 37.9 Å². The van der Waals surface area contributed by atoms with Crippen LogP contribution in [0.3, 0.4) is 0 Å². The summed E-state index contributed by atoms with van der Waals surface area (Å²) in [5, 5.41) is 12.6. The fraction of sp³-hybridized carbons (Fsp3) is 0.467. The third kappa shape index (κ3) is 2.54. The predicted molar refractivity (Wildman–Crippen MR) is 75.3 cm³/mol. The van der Waals surface area contributed by atoms with Crippen LogP contribution in [0.5, 0.6) is 0 Å². The van der Waals surface area contributed by atoms with Crippen LogP contribution in [0.25, 0.3) is 5.69 Å². The third-order valence-corrected chi connectivity index (χ3v) is 4.05. The van der Waals surface area contributed by atoms with Crippen molar-refractivity contribution in [3.05, 3.63) is 42.2 Å². The summed E-state index contributed by atoms with van der Waals surface area (Å²) in [5.41, 5.74) is 2.32. The molecule has 1 N–H and O–H groups in total. The molecule has 0 bridgehead atoms. The summed E-state index contributed by atoms with van der Waals surface area (Å²) in [6, 6.07) is 10.1. The molecule has 1 fully saturated rings. The van der Waals surface area contributed by atoms with E-state index in [1.165, 1.54) is 12.8 Å². The zero-order valence-corrected chi connectivity index (χ0v) is 11.3. The van der Waals surface area contributed by atoms with Gasteiger partial charge in [0.25, 0.3) is 0 Å². The molecule has 19 heavy (non-hydrogen) atoms. The van der Waals surface area contributed by atoms with Gasteiger partial charge in [-0.3, -0.25) is 0 Å². The molecule has 0 radical (unpaired) electrons. The molecule has 3 rings (SSSR count). The lowest BCUT2D eigenvalue weighted by molar-refractivity contribution is 0.356. The van der Waals surface area contributed by atoms with Gasteiger partial charge in [-0.1, -0.05) is 25.1 Å². The van der Waals surface area contributed by atoms with E-state index in [0.29, 0.717) is 0 Å². The number of hydrogen-bond acceptors (Lipinski definition) is 3. The van der Waals surface area contributed by atoms with Crippen molar-refractivity contribution in [2.75, 3.05) is 6.54 Å². The minimum atomic E-state index is 0.234. The number of nitrogens with zero attached hydrogens (tertiary/aromatic N) is 3. The van der Waals surface area contributed by atoms with E-state index >= 15 is 0 Å². The van der Waals surface area contributed by atoms with E-state index in [-0.39, 0.29) is 5.54 Å². The molecule has 4 nitrogen and oxygen atoms in total. The van der Waals surface area contributed by atoms with Crippen molar-refractivity contribution in [2.45, 2.75) is 38.1 Å². The third-order valence-electron chi connectivity index (χ3n) is 4.05. The number of aromatic nitrogens is 3. The first kappa shape index (κ1) is 12.4. The summed E-state index contributed by atoms with van der Waals surface area (Å²) >= 11 is 0. The Morgan fingerprint density at radius 3 is 2.84 bits per heavy atom. The molecule has 2 aromatic rings. The van der Waals surface area contributed by atoms with Gasteiger partial charge in [-0.2, -0.15) is 15.0 Å². The zero-order valence-electron chi connectivity index (χ0n) is 11.3. The number of rotatable bonds is 4. The molecule has 1 aromatic heterocycles. The van der Waals surface area contributed by atoms with Crippen LogP contribution in [0.15, 0.2) is 36.5 Å². The normalized spacial score (nSPS) is 22.8. The summed E-state index contributed by atoms with van der Waals surface area (Å²) in [4.78, 5) is 1.72. The minimum Gasteiger partial charge on any atom is -0.311 e. The molecular weight excluding hydrogens is 236 g/mol. The first-order chi connectivity index (χ1) is 9.31. The molecule has 0 saturated carbocycles. The molecule has 0 spiro atoms. The Morgan fingerprint density at radius 2 is 2.16 bits per heavy atom. The van der Waals surface area contributed by atoms with Gasteiger partial charge >= 0.3 is 0 Å². The Balaban J connectivity index is 1.78. The second-order valence-electron chi connectivity index (χ2n) is 5.30. The van der Waals surface area contributed by atoms with Crippen LogP contribution in [0.2, 0.25) is 0 Å². The van der Waals surface area contributed by atoms with E-state index in [2.05, 4.69) is 22.4 Å². The lowest BCUT2D eigenvalue weighted by atomic mass is 9.89. The Morgan fingerprint density at radius 1 is 1.32 bits per heavy atom. The number of benzene rings is 1. The van der Waals surface area contributed by atoms with Gasteiger partial charge in [0.05, 0.1) is 17.6 Å². The van der Waals surface area contributed by atoms with Crippen molar-refractivity contribution in [3.8, 4) is 5.69 Å². The van der Waals surface area contributed by atoms with Crippen molar-refractivity contribution in [3.63, 3.8) is 0 Å². The summed E-state index contributed by atoms with van der Waals surface area (Å²) in [7, 11) is 0. The highest BCUT2D eigenvalue weighted by molar-refractivity contribution is 5.28. The lowest BCUT2D eigenvalue weighted by Crippen LogP contribution is -2.41.